The maximum Gasteiger partial charge on any atom is 0.342 e. The van der Waals surface area contributed by atoms with Gasteiger partial charge in [0.05, 0.1) is 30.3 Å². The number of aromatic nitrogens is 2. The monoisotopic (exact) mass is 459 g/mol. The van der Waals surface area contributed by atoms with Crippen LogP contribution < -0.4 is 4.31 Å². The van der Waals surface area contributed by atoms with E-state index in [0.717, 1.165) is 6.26 Å². The molecule has 2 heterocycles. The van der Waals surface area contributed by atoms with Crippen LogP contribution in [0.4, 0.5) is 10.1 Å². The molecule has 0 atom stereocenters. The molecule has 1 aromatic carbocycles. The number of allylic oxidation sites excluding steroid dienone is 1. The summed E-state index contributed by atoms with van der Waals surface area (Å²) < 4.78 is 46.5. The summed E-state index contributed by atoms with van der Waals surface area (Å²) in [7, 11) is -3.55. The first kappa shape index (κ1) is 23.5. The zero-order valence-corrected chi connectivity index (χ0v) is 19.2. The number of anilines is 1. The van der Waals surface area contributed by atoms with E-state index >= 15 is 0 Å². The molecule has 0 radical (unpaired) electrons. The highest BCUT2D eigenvalue weighted by Crippen LogP contribution is 2.31. The number of aryl methyl sites for hydroxylation is 1. The van der Waals surface area contributed by atoms with Crippen molar-refractivity contribution >= 4 is 27.2 Å². The second-order valence-corrected chi connectivity index (χ2v) is 9.30. The topological polar surface area (TPSA) is 81.0 Å². The lowest BCUT2D eigenvalue weighted by atomic mass is 10.1. The second kappa shape index (κ2) is 9.52. The summed E-state index contributed by atoms with van der Waals surface area (Å²) in [5.74, 6) is -0.962. The predicted octanol–water partition coefficient (Wildman–Crippen LogP) is 4.36. The highest BCUT2D eigenvalue weighted by molar-refractivity contribution is 7.92. The fourth-order valence-corrected chi connectivity index (χ4v) is 4.51. The summed E-state index contributed by atoms with van der Waals surface area (Å²) in [6.45, 7) is 7.63. The largest absolute Gasteiger partial charge is 0.462 e. The van der Waals surface area contributed by atoms with E-state index in [4.69, 9.17) is 4.74 Å². The maximum absolute atomic E-state index is 13.4. The van der Waals surface area contributed by atoms with Crippen LogP contribution in [0.15, 0.2) is 49.2 Å². The van der Waals surface area contributed by atoms with Crippen molar-refractivity contribution in [3.05, 3.63) is 66.1 Å². The van der Waals surface area contributed by atoms with Gasteiger partial charge in [-0.2, -0.15) is 5.10 Å². The van der Waals surface area contributed by atoms with Crippen molar-refractivity contribution in [2.75, 3.05) is 23.7 Å². The fourth-order valence-electron chi connectivity index (χ4n) is 3.50. The van der Waals surface area contributed by atoms with Crippen molar-refractivity contribution in [1.29, 1.82) is 0 Å². The Morgan fingerprint density at radius 1 is 1.31 bits per heavy atom. The predicted molar refractivity (Wildman–Crippen MR) is 123 cm³/mol. The molecule has 0 aliphatic heterocycles. The van der Waals surface area contributed by atoms with Crippen LogP contribution in [-0.2, 0) is 14.8 Å². The van der Waals surface area contributed by atoms with Crippen molar-refractivity contribution in [3.8, 4) is 11.3 Å². The molecule has 0 saturated heterocycles. The lowest BCUT2D eigenvalue weighted by Crippen LogP contribution is -2.31. The van der Waals surface area contributed by atoms with Gasteiger partial charge in [0.15, 0.2) is 0 Å². The van der Waals surface area contributed by atoms with E-state index in [-0.39, 0.29) is 18.7 Å². The molecule has 0 aliphatic rings. The van der Waals surface area contributed by atoms with E-state index in [1.165, 1.54) is 33.1 Å². The van der Waals surface area contributed by atoms with E-state index in [0.29, 0.717) is 40.9 Å². The molecule has 9 heteroatoms. The molecule has 0 saturated carbocycles. The zero-order chi connectivity index (χ0) is 23.5. The number of fused-ring (bicyclic) bond motifs is 1. The van der Waals surface area contributed by atoms with E-state index in [9.17, 15) is 17.6 Å². The van der Waals surface area contributed by atoms with E-state index < -0.39 is 21.8 Å². The average molecular weight is 460 g/mol. The zero-order valence-electron chi connectivity index (χ0n) is 18.3. The number of unbranched alkanes of at least 4 members (excludes halogenated alkanes) is 1. The highest BCUT2D eigenvalue weighted by atomic mass is 32.2. The van der Waals surface area contributed by atoms with Gasteiger partial charge in [0, 0.05) is 12.1 Å². The van der Waals surface area contributed by atoms with E-state index in [1.807, 2.05) is 0 Å². The van der Waals surface area contributed by atoms with Crippen molar-refractivity contribution in [2.45, 2.75) is 26.7 Å². The van der Waals surface area contributed by atoms with Crippen molar-refractivity contribution < 1.29 is 22.3 Å². The van der Waals surface area contributed by atoms with Gasteiger partial charge in [-0.1, -0.05) is 6.08 Å². The third-order valence-corrected chi connectivity index (χ3v) is 6.16. The van der Waals surface area contributed by atoms with Crippen LogP contribution in [0.25, 0.3) is 16.8 Å². The third kappa shape index (κ3) is 4.83. The van der Waals surface area contributed by atoms with Crippen LogP contribution in [0.3, 0.4) is 0 Å². The second-order valence-electron chi connectivity index (χ2n) is 7.39. The Morgan fingerprint density at radius 3 is 2.59 bits per heavy atom. The first-order valence-corrected chi connectivity index (χ1v) is 12.1. The summed E-state index contributed by atoms with van der Waals surface area (Å²) in [5.41, 5.74) is 2.72. The van der Waals surface area contributed by atoms with Crippen LogP contribution in [0, 0.1) is 12.7 Å². The van der Waals surface area contributed by atoms with Gasteiger partial charge >= 0.3 is 5.97 Å². The number of benzene rings is 1. The number of esters is 1. The van der Waals surface area contributed by atoms with Gasteiger partial charge in [-0.3, -0.25) is 4.31 Å². The molecule has 32 heavy (non-hydrogen) atoms. The Morgan fingerprint density at radius 2 is 2.00 bits per heavy atom. The smallest absolute Gasteiger partial charge is 0.342 e. The molecule has 0 fully saturated rings. The van der Waals surface area contributed by atoms with Crippen LogP contribution in [0.1, 0.15) is 35.7 Å². The summed E-state index contributed by atoms with van der Waals surface area (Å²) >= 11 is 0. The molecule has 0 bridgehead atoms. The Balaban J connectivity index is 2.22. The number of nitrogens with zero attached hydrogens (tertiary/aromatic N) is 3. The first-order valence-electron chi connectivity index (χ1n) is 10.2. The van der Waals surface area contributed by atoms with E-state index in [1.54, 1.807) is 32.2 Å². The molecule has 7 nitrogen and oxygen atoms in total. The number of sulfonamides is 1. The number of halogens is 1. The summed E-state index contributed by atoms with van der Waals surface area (Å²) in [6.07, 6.45) is 5.78. The third-order valence-electron chi connectivity index (χ3n) is 4.99. The summed E-state index contributed by atoms with van der Waals surface area (Å²) in [4.78, 5) is 12.8. The molecule has 0 unspecified atom stereocenters. The summed E-state index contributed by atoms with van der Waals surface area (Å²) in [5, 5.41) is 4.53. The number of carbonyl (C=O) groups excluding carboxylic acids is 1. The maximum atomic E-state index is 13.4. The molecule has 0 amide bonds. The summed E-state index contributed by atoms with van der Waals surface area (Å²) in [6, 6.07) is 7.36. The van der Waals surface area contributed by atoms with Gasteiger partial charge in [-0.25, -0.2) is 22.1 Å². The van der Waals surface area contributed by atoms with Crippen molar-refractivity contribution in [1.82, 2.24) is 9.61 Å². The van der Waals surface area contributed by atoms with Gasteiger partial charge in [0.25, 0.3) is 0 Å². The lowest BCUT2D eigenvalue weighted by molar-refractivity contribution is 0.0529. The minimum Gasteiger partial charge on any atom is -0.462 e. The lowest BCUT2D eigenvalue weighted by Gasteiger charge is -2.24. The Hall–Kier alpha value is -3.20. The van der Waals surface area contributed by atoms with Crippen LogP contribution >= 0.6 is 0 Å². The standard InChI is InChI=1S/C23H26FN3O4S/c1-5-7-8-13-27(32(4,29)30)20-15-26-19(14-16(20)3)21(23(28)31-6-2)22(25-26)17-9-11-18(24)12-10-17/h5,9-12,14-15H,1,6-8,13H2,2-4H3. The van der Waals surface area contributed by atoms with Gasteiger partial charge in [-0.05, 0) is 62.6 Å². The molecule has 2 aromatic heterocycles. The first-order chi connectivity index (χ1) is 15.2. The molecule has 0 N–H and O–H groups in total. The van der Waals surface area contributed by atoms with Crippen LogP contribution in [0.2, 0.25) is 0 Å². The normalized spacial score (nSPS) is 11.5. The van der Waals surface area contributed by atoms with Crippen molar-refractivity contribution in [2.24, 2.45) is 0 Å². The number of hydrogen-bond donors (Lipinski definition) is 0. The molecule has 170 valence electrons. The molecular formula is C23H26FN3O4S. The Kier molecular flexibility index (Phi) is 6.98. The Bertz CT molecular complexity index is 1250. The molecular weight excluding hydrogens is 433 g/mol. The van der Waals surface area contributed by atoms with E-state index in [2.05, 4.69) is 11.7 Å². The Labute approximate surface area is 187 Å². The molecule has 3 rings (SSSR count). The highest BCUT2D eigenvalue weighted by Gasteiger charge is 2.25. The molecule has 3 aromatic rings. The number of hydrogen-bond acceptors (Lipinski definition) is 5. The van der Waals surface area contributed by atoms with Crippen LogP contribution in [-0.4, -0.2) is 43.4 Å². The molecule has 0 aliphatic carbocycles. The minimum absolute atomic E-state index is 0.182. The molecule has 0 spiro atoms. The van der Waals surface area contributed by atoms with Gasteiger partial charge < -0.3 is 4.74 Å². The SMILES string of the molecule is C=CCCCN(c1cn2nc(-c3ccc(F)cc3)c(C(=O)OCC)c2cc1C)S(C)(=O)=O. The van der Waals surface area contributed by atoms with Gasteiger partial charge in [0.1, 0.15) is 17.1 Å². The van der Waals surface area contributed by atoms with Crippen LogP contribution in [0.5, 0.6) is 0 Å². The van der Waals surface area contributed by atoms with Gasteiger partial charge in [-0.15, -0.1) is 6.58 Å². The quantitative estimate of drug-likeness (QED) is 0.270. The van der Waals surface area contributed by atoms with Gasteiger partial charge in [0.2, 0.25) is 10.0 Å². The fraction of sp³-hybridized carbons (Fsp3) is 0.304. The number of rotatable bonds is 9. The average Bonchev–Trinajstić information content (AvgIpc) is 3.09. The number of ether oxygens (including phenoxy) is 1. The number of carbonyl (C=O) groups is 1. The number of pyridine rings is 1. The minimum atomic E-state index is -3.55. The van der Waals surface area contributed by atoms with Crippen molar-refractivity contribution in [3.63, 3.8) is 0 Å².